The molecule has 3 rings (SSSR count). The molecule has 0 aliphatic rings. The van der Waals surface area contributed by atoms with Gasteiger partial charge in [0.2, 0.25) is 0 Å². The van der Waals surface area contributed by atoms with Crippen LogP contribution < -0.4 is 10.1 Å². The number of hydrogen-bond acceptors (Lipinski definition) is 2. The lowest BCUT2D eigenvalue weighted by molar-refractivity contribution is 0.102. The Balaban J connectivity index is 1.63. The number of benzene rings is 3. The molecule has 0 aromatic heterocycles. The van der Waals surface area contributed by atoms with Crippen LogP contribution in [0.5, 0.6) is 11.5 Å². The van der Waals surface area contributed by atoms with Crippen molar-refractivity contribution in [2.24, 2.45) is 0 Å². The summed E-state index contributed by atoms with van der Waals surface area (Å²) < 4.78 is 5.75. The molecule has 0 spiro atoms. The van der Waals surface area contributed by atoms with E-state index in [1.807, 2.05) is 42.5 Å². The zero-order valence-corrected chi connectivity index (χ0v) is 15.1. The van der Waals surface area contributed by atoms with E-state index in [4.69, 9.17) is 4.74 Å². The monoisotopic (exact) mass is 345 g/mol. The smallest absolute Gasteiger partial charge is 0.255 e. The van der Waals surface area contributed by atoms with Gasteiger partial charge in [0.15, 0.2) is 0 Å². The molecule has 3 nitrogen and oxygen atoms in total. The lowest BCUT2D eigenvalue weighted by atomic mass is 9.98. The van der Waals surface area contributed by atoms with Crippen LogP contribution in [-0.2, 0) is 0 Å². The number of para-hydroxylation sites is 1. The number of amides is 1. The third kappa shape index (κ3) is 4.51. The highest BCUT2D eigenvalue weighted by Crippen LogP contribution is 2.23. The summed E-state index contributed by atoms with van der Waals surface area (Å²) in [4.78, 5) is 12.4. The molecular weight excluding hydrogens is 322 g/mol. The Labute approximate surface area is 154 Å². The first-order chi connectivity index (χ1) is 12.7. The fourth-order valence-electron chi connectivity index (χ4n) is 2.63. The van der Waals surface area contributed by atoms with Gasteiger partial charge in [-0.1, -0.05) is 44.2 Å². The number of ether oxygens (including phenoxy) is 1. The molecule has 0 fully saturated rings. The minimum Gasteiger partial charge on any atom is -0.457 e. The molecule has 1 N–H and O–H groups in total. The molecular formula is C23H23NO2. The van der Waals surface area contributed by atoms with Gasteiger partial charge >= 0.3 is 0 Å². The number of hydrogen-bond donors (Lipinski definition) is 1. The zero-order valence-electron chi connectivity index (χ0n) is 15.1. The molecule has 0 radical (unpaired) electrons. The van der Waals surface area contributed by atoms with E-state index in [1.165, 1.54) is 5.56 Å². The summed E-state index contributed by atoms with van der Waals surface area (Å²) in [7, 11) is 0. The maximum absolute atomic E-state index is 12.4. The molecule has 0 unspecified atom stereocenters. The summed E-state index contributed by atoms with van der Waals surface area (Å²) in [5.74, 6) is 1.86. The quantitative estimate of drug-likeness (QED) is 0.574. The van der Waals surface area contributed by atoms with E-state index in [2.05, 4.69) is 31.3 Å². The van der Waals surface area contributed by atoms with Gasteiger partial charge < -0.3 is 10.1 Å². The molecule has 0 heterocycles. The van der Waals surface area contributed by atoms with Gasteiger partial charge in [0.05, 0.1) is 0 Å². The largest absolute Gasteiger partial charge is 0.457 e. The van der Waals surface area contributed by atoms with Crippen molar-refractivity contribution >= 4 is 11.6 Å². The molecule has 3 aromatic carbocycles. The highest BCUT2D eigenvalue weighted by atomic mass is 16.5. The van der Waals surface area contributed by atoms with Gasteiger partial charge in [0.25, 0.3) is 5.91 Å². The van der Waals surface area contributed by atoms with Crippen molar-refractivity contribution < 1.29 is 9.53 Å². The third-order valence-corrected chi connectivity index (χ3v) is 4.45. The van der Waals surface area contributed by atoms with Gasteiger partial charge in [0, 0.05) is 11.3 Å². The van der Waals surface area contributed by atoms with Gasteiger partial charge in [-0.2, -0.15) is 0 Å². The summed E-state index contributed by atoms with van der Waals surface area (Å²) >= 11 is 0. The average molecular weight is 345 g/mol. The SMILES string of the molecule is CC[C@@H](C)c1ccc(NC(=O)c2ccc(Oc3ccccc3)cc2)cc1. The Kier molecular flexibility index (Phi) is 5.69. The fraction of sp³-hybridized carbons (Fsp3) is 0.174. The number of nitrogens with one attached hydrogen (secondary N) is 1. The molecule has 1 atom stereocenters. The predicted octanol–water partition coefficient (Wildman–Crippen LogP) is 6.24. The van der Waals surface area contributed by atoms with Gasteiger partial charge in [-0.3, -0.25) is 4.79 Å². The molecule has 3 heteroatoms. The Bertz CT molecular complexity index is 840. The van der Waals surface area contributed by atoms with E-state index >= 15 is 0 Å². The topological polar surface area (TPSA) is 38.3 Å². The summed E-state index contributed by atoms with van der Waals surface area (Å²) in [5.41, 5.74) is 2.68. The van der Waals surface area contributed by atoms with Gasteiger partial charge in [0.1, 0.15) is 11.5 Å². The van der Waals surface area contributed by atoms with Crippen LogP contribution in [-0.4, -0.2) is 5.91 Å². The van der Waals surface area contributed by atoms with Crippen LogP contribution in [0.25, 0.3) is 0 Å². The normalized spacial score (nSPS) is 11.6. The molecule has 0 saturated carbocycles. The minimum atomic E-state index is -0.132. The number of carbonyl (C=O) groups is 1. The second kappa shape index (κ2) is 8.34. The molecule has 132 valence electrons. The van der Waals surface area contributed by atoms with Crippen LogP contribution in [0.1, 0.15) is 42.1 Å². The van der Waals surface area contributed by atoms with E-state index in [1.54, 1.807) is 24.3 Å². The highest BCUT2D eigenvalue weighted by molar-refractivity contribution is 6.04. The molecule has 26 heavy (non-hydrogen) atoms. The van der Waals surface area contributed by atoms with Gasteiger partial charge in [-0.15, -0.1) is 0 Å². The Morgan fingerprint density at radius 1 is 0.885 bits per heavy atom. The van der Waals surface area contributed by atoms with E-state index in [-0.39, 0.29) is 5.91 Å². The molecule has 0 saturated heterocycles. The van der Waals surface area contributed by atoms with Crippen LogP contribution in [0.4, 0.5) is 5.69 Å². The Morgan fingerprint density at radius 2 is 1.50 bits per heavy atom. The van der Waals surface area contributed by atoms with E-state index in [0.717, 1.165) is 17.9 Å². The second-order valence-corrected chi connectivity index (χ2v) is 6.32. The maximum atomic E-state index is 12.4. The Morgan fingerprint density at radius 3 is 2.12 bits per heavy atom. The van der Waals surface area contributed by atoms with Gasteiger partial charge in [-0.25, -0.2) is 0 Å². The van der Waals surface area contributed by atoms with Crippen molar-refractivity contribution in [2.75, 3.05) is 5.32 Å². The fourth-order valence-corrected chi connectivity index (χ4v) is 2.63. The van der Waals surface area contributed by atoms with E-state index in [0.29, 0.717) is 17.2 Å². The molecule has 3 aromatic rings. The van der Waals surface area contributed by atoms with Crippen LogP contribution in [0.2, 0.25) is 0 Å². The first-order valence-electron chi connectivity index (χ1n) is 8.90. The standard InChI is InChI=1S/C23H23NO2/c1-3-17(2)18-9-13-20(14-10-18)24-23(25)19-11-15-22(16-12-19)26-21-7-5-4-6-8-21/h4-17H,3H2,1-2H3,(H,24,25)/t17-/m1/s1. The lowest BCUT2D eigenvalue weighted by Gasteiger charge is -2.11. The second-order valence-electron chi connectivity index (χ2n) is 6.32. The average Bonchev–Trinajstić information content (AvgIpc) is 2.69. The number of anilines is 1. The maximum Gasteiger partial charge on any atom is 0.255 e. The van der Waals surface area contributed by atoms with Crippen LogP contribution >= 0.6 is 0 Å². The van der Waals surface area contributed by atoms with Crippen LogP contribution in [0.15, 0.2) is 78.9 Å². The van der Waals surface area contributed by atoms with E-state index in [9.17, 15) is 4.79 Å². The van der Waals surface area contributed by atoms with Crippen LogP contribution in [0, 0.1) is 0 Å². The van der Waals surface area contributed by atoms with Crippen molar-refractivity contribution in [2.45, 2.75) is 26.2 Å². The number of carbonyl (C=O) groups excluding carboxylic acids is 1. The van der Waals surface area contributed by atoms with Crippen molar-refractivity contribution in [1.29, 1.82) is 0 Å². The molecule has 0 bridgehead atoms. The van der Waals surface area contributed by atoms with Crippen LogP contribution in [0.3, 0.4) is 0 Å². The van der Waals surface area contributed by atoms with Crippen molar-refractivity contribution in [3.63, 3.8) is 0 Å². The number of rotatable bonds is 6. The highest BCUT2D eigenvalue weighted by Gasteiger charge is 2.08. The third-order valence-electron chi connectivity index (χ3n) is 4.45. The zero-order chi connectivity index (χ0) is 18.4. The molecule has 1 amide bonds. The minimum absolute atomic E-state index is 0.132. The lowest BCUT2D eigenvalue weighted by Crippen LogP contribution is -2.11. The first-order valence-corrected chi connectivity index (χ1v) is 8.90. The summed E-state index contributed by atoms with van der Waals surface area (Å²) in [5, 5.41) is 2.93. The van der Waals surface area contributed by atoms with E-state index < -0.39 is 0 Å². The molecule has 0 aliphatic carbocycles. The first kappa shape index (κ1) is 17.7. The summed E-state index contributed by atoms with van der Waals surface area (Å²) in [6.45, 7) is 4.37. The molecule has 0 aliphatic heterocycles. The summed E-state index contributed by atoms with van der Waals surface area (Å²) in [6.07, 6.45) is 1.10. The van der Waals surface area contributed by atoms with Gasteiger partial charge in [-0.05, 0) is 66.4 Å². The summed E-state index contributed by atoms with van der Waals surface area (Å²) in [6, 6.07) is 24.7. The predicted molar refractivity (Wildman–Crippen MR) is 106 cm³/mol. The van der Waals surface area contributed by atoms with Crippen molar-refractivity contribution in [3.05, 3.63) is 90.0 Å². The Hall–Kier alpha value is -3.07. The van der Waals surface area contributed by atoms with Crippen molar-refractivity contribution in [3.8, 4) is 11.5 Å². The van der Waals surface area contributed by atoms with Crippen molar-refractivity contribution in [1.82, 2.24) is 0 Å².